The van der Waals surface area contributed by atoms with Crippen molar-refractivity contribution < 1.29 is 18.0 Å². The highest BCUT2D eigenvalue weighted by Gasteiger charge is 2.35. The number of carbonyl (C=O) groups is 2. The lowest BCUT2D eigenvalue weighted by Gasteiger charge is -2.36. The molecule has 1 aliphatic rings. The van der Waals surface area contributed by atoms with E-state index in [1.165, 1.54) is 4.31 Å². The third kappa shape index (κ3) is 4.95. The van der Waals surface area contributed by atoms with Crippen LogP contribution >= 0.6 is 0 Å². The van der Waals surface area contributed by atoms with Crippen LogP contribution in [0.2, 0.25) is 0 Å². The zero-order valence-corrected chi connectivity index (χ0v) is 21.2. The summed E-state index contributed by atoms with van der Waals surface area (Å²) in [7, 11) is -3.67. The molecule has 1 aliphatic heterocycles. The predicted molar refractivity (Wildman–Crippen MR) is 123 cm³/mol. The van der Waals surface area contributed by atoms with E-state index in [1.807, 2.05) is 34.6 Å². The first-order valence-electron chi connectivity index (χ1n) is 10.8. The van der Waals surface area contributed by atoms with Crippen LogP contribution in [-0.4, -0.2) is 61.7 Å². The second kappa shape index (κ2) is 8.90. The number of benzene rings is 1. The molecule has 1 aromatic carbocycles. The maximum Gasteiger partial charge on any atom is 0.244 e. The Hall–Kier alpha value is -1.93. The van der Waals surface area contributed by atoms with Crippen LogP contribution in [0, 0.1) is 40.0 Å². The van der Waals surface area contributed by atoms with Crippen molar-refractivity contribution in [2.45, 2.75) is 73.3 Å². The van der Waals surface area contributed by atoms with Gasteiger partial charge >= 0.3 is 0 Å². The molecule has 0 saturated carbocycles. The van der Waals surface area contributed by atoms with Gasteiger partial charge in [0.2, 0.25) is 21.8 Å². The van der Waals surface area contributed by atoms with Crippen LogP contribution < -0.4 is 5.32 Å². The Morgan fingerprint density at radius 2 is 1.26 bits per heavy atom. The van der Waals surface area contributed by atoms with Crippen molar-refractivity contribution in [3.8, 4) is 0 Å². The molecule has 0 spiro atoms. The number of sulfonamides is 1. The molecular formula is C23H37N3O4S. The van der Waals surface area contributed by atoms with Crippen LogP contribution in [0.3, 0.4) is 0 Å². The third-order valence-corrected chi connectivity index (χ3v) is 8.65. The molecule has 1 saturated heterocycles. The molecule has 2 rings (SSSR count). The lowest BCUT2D eigenvalue weighted by Crippen LogP contribution is -2.56. The van der Waals surface area contributed by atoms with Gasteiger partial charge in [-0.1, -0.05) is 20.8 Å². The number of hydrogen-bond donors (Lipinski definition) is 1. The molecular weight excluding hydrogens is 414 g/mol. The molecule has 1 aromatic rings. The van der Waals surface area contributed by atoms with Gasteiger partial charge in [-0.2, -0.15) is 4.31 Å². The third-order valence-electron chi connectivity index (χ3n) is 6.48. The Labute approximate surface area is 187 Å². The summed E-state index contributed by atoms with van der Waals surface area (Å²) in [6, 6.07) is -0.651. The normalized spacial score (nSPS) is 16.9. The van der Waals surface area contributed by atoms with Gasteiger partial charge in [-0.3, -0.25) is 9.59 Å². The van der Waals surface area contributed by atoms with Crippen LogP contribution in [0.1, 0.15) is 55.5 Å². The van der Waals surface area contributed by atoms with E-state index >= 15 is 0 Å². The standard InChI is InChI=1S/C23H37N3O4S/c1-14-15(2)17(4)20(18(5)16(14)3)31(29,30)26-12-10-25(11-13-26)21(27)19(6)24-22(28)23(7,8)9/h19H,10-13H2,1-9H3,(H,24,28). The molecule has 1 unspecified atom stereocenters. The molecule has 1 N–H and O–H groups in total. The summed E-state index contributed by atoms with van der Waals surface area (Å²) >= 11 is 0. The zero-order valence-electron chi connectivity index (χ0n) is 20.3. The summed E-state index contributed by atoms with van der Waals surface area (Å²) in [5.41, 5.74) is 4.12. The minimum absolute atomic E-state index is 0.189. The molecule has 1 fully saturated rings. The monoisotopic (exact) mass is 451 g/mol. The summed E-state index contributed by atoms with van der Waals surface area (Å²) in [4.78, 5) is 27.0. The number of piperazine rings is 1. The fraction of sp³-hybridized carbons (Fsp3) is 0.652. The van der Waals surface area contributed by atoms with Crippen molar-refractivity contribution in [1.29, 1.82) is 0 Å². The van der Waals surface area contributed by atoms with Gasteiger partial charge in [0.15, 0.2) is 0 Å². The van der Waals surface area contributed by atoms with Crippen LogP contribution in [0.15, 0.2) is 4.90 Å². The fourth-order valence-electron chi connectivity index (χ4n) is 3.88. The Morgan fingerprint density at radius 1 is 0.839 bits per heavy atom. The lowest BCUT2D eigenvalue weighted by atomic mass is 9.95. The van der Waals surface area contributed by atoms with E-state index in [1.54, 1.807) is 32.6 Å². The summed E-state index contributed by atoms with van der Waals surface area (Å²) in [5, 5.41) is 2.75. The van der Waals surface area contributed by atoms with Gasteiger partial charge in [-0.25, -0.2) is 8.42 Å². The quantitative estimate of drug-likeness (QED) is 0.762. The number of carbonyl (C=O) groups excluding carboxylic acids is 2. The number of amides is 2. The van der Waals surface area contributed by atoms with E-state index in [0.29, 0.717) is 18.0 Å². The molecule has 0 aromatic heterocycles. The number of rotatable bonds is 4. The minimum atomic E-state index is -3.67. The maximum atomic E-state index is 13.5. The van der Waals surface area contributed by atoms with Gasteiger partial charge < -0.3 is 10.2 Å². The fourth-order valence-corrected chi connectivity index (χ4v) is 5.86. The van der Waals surface area contributed by atoms with Crippen LogP contribution in [0.25, 0.3) is 0 Å². The van der Waals surface area contributed by atoms with E-state index in [9.17, 15) is 18.0 Å². The minimum Gasteiger partial charge on any atom is -0.344 e. The van der Waals surface area contributed by atoms with Gasteiger partial charge in [-0.05, 0) is 69.4 Å². The summed E-state index contributed by atoms with van der Waals surface area (Å²) in [6.45, 7) is 17.8. The van der Waals surface area contributed by atoms with Gasteiger partial charge in [0, 0.05) is 31.6 Å². The Balaban J connectivity index is 2.16. The zero-order chi connectivity index (χ0) is 23.9. The molecule has 31 heavy (non-hydrogen) atoms. The molecule has 0 aliphatic carbocycles. The van der Waals surface area contributed by atoms with Gasteiger partial charge in [0.1, 0.15) is 6.04 Å². The molecule has 0 radical (unpaired) electrons. The van der Waals surface area contributed by atoms with Crippen LogP contribution in [0.4, 0.5) is 0 Å². The molecule has 7 nitrogen and oxygen atoms in total. The highest BCUT2D eigenvalue weighted by molar-refractivity contribution is 7.89. The van der Waals surface area contributed by atoms with Crippen LogP contribution in [-0.2, 0) is 19.6 Å². The van der Waals surface area contributed by atoms with Gasteiger partial charge in [-0.15, -0.1) is 0 Å². The number of hydrogen-bond acceptors (Lipinski definition) is 4. The summed E-state index contributed by atoms with van der Waals surface area (Å²) < 4.78 is 28.4. The first-order valence-corrected chi connectivity index (χ1v) is 12.2. The Morgan fingerprint density at radius 3 is 1.68 bits per heavy atom. The van der Waals surface area contributed by atoms with Crippen molar-refractivity contribution in [3.05, 3.63) is 27.8 Å². The topological polar surface area (TPSA) is 86.8 Å². The smallest absolute Gasteiger partial charge is 0.244 e. The van der Waals surface area contributed by atoms with E-state index in [-0.39, 0.29) is 24.9 Å². The molecule has 1 heterocycles. The average Bonchev–Trinajstić information content (AvgIpc) is 2.69. The van der Waals surface area contributed by atoms with Crippen molar-refractivity contribution >= 4 is 21.8 Å². The lowest BCUT2D eigenvalue weighted by molar-refractivity contribution is -0.139. The highest BCUT2D eigenvalue weighted by Crippen LogP contribution is 2.32. The second-order valence-corrected chi connectivity index (χ2v) is 11.5. The van der Waals surface area contributed by atoms with Crippen molar-refractivity contribution in [2.75, 3.05) is 26.2 Å². The molecule has 1 atom stereocenters. The largest absolute Gasteiger partial charge is 0.344 e. The first kappa shape index (κ1) is 25.3. The molecule has 8 heteroatoms. The first-order chi connectivity index (χ1) is 14.1. The van der Waals surface area contributed by atoms with E-state index in [0.717, 1.165) is 27.8 Å². The average molecular weight is 452 g/mol. The van der Waals surface area contributed by atoms with Crippen molar-refractivity contribution in [3.63, 3.8) is 0 Å². The molecule has 174 valence electrons. The van der Waals surface area contributed by atoms with E-state index in [4.69, 9.17) is 0 Å². The predicted octanol–water partition coefficient (Wildman–Crippen LogP) is 2.61. The Bertz CT molecular complexity index is 956. The maximum absolute atomic E-state index is 13.5. The molecule has 2 amide bonds. The molecule has 0 bridgehead atoms. The van der Waals surface area contributed by atoms with Gasteiger partial charge in [0.25, 0.3) is 0 Å². The van der Waals surface area contributed by atoms with Crippen LogP contribution in [0.5, 0.6) is 0 Å². The summed E-state index contributed by atoms with van der Waals surface area (Å²) in [6.07, 6.45) is 0. The highest BCUT2D eigenvalue weighted by atomic mass is 32.2. The Kier molecular flexibility index (Phi) is 7.27. The van der Waals surface area contributed by atoms with E-state index < -0.39 is 21.5 Å². The number of nitrogens with zero attached hydrogens (tertiary/aromatic N) is 2. The van der Waals surface area contributed by atoms with Crippen molar-refractivity contribution in [1.82, 2.24) is 14.5 Å². The summed E-state index contributed by atoms with van der Waals surface area (Å²) in [5.74, 6) is -0.380. The van der Waals surface area contributed by atoms with Gasteiger partial charge in [0.05, 0.1) is 4.90 Å². The number of nitrogens with one attached hydrogen (secondary N) is 1. The van der Waals surface area contributed by atoms with E-state index in [2.05, 4.69) is 5.32 Å². The van der Waals surface area contributed by atoms with Crippen molar-refractivity contribution in [2.24, 2.45) is 5.41 Å². The SMILES string of the molecule is Cc1c(C)c(C)c(S(=O)(=O)N2CCN(C(=O)C(C)NC(=O)C(C)(C)C)CC2)c(C)c1C. The second-order valence-electron chi connectivity index (χ2n) is 9.63.